The number of aromatic nitrogens is 2. The Labute approximate surface area is 177 Å². The molecule has 6 nitrogen and oxygen atoms in total. The zero-order chi connectivity index (χ0) is 19.9. The fraction of sp³-hybridized carbons (Fsp3) is 0.222. The molecule has 146 valence electrons. The molecule has 1 aromatic heterocycles. The molecule has 2 aromatic carbocycles. The van der Waals surface area contributed by atoms with Crippen LogP contribution in [0.3, 0.4) is 0 Å². The topological polar surface area (TPSA) is 76.3 Å². The van der Waals surface area contributed by atoms with Crippen LogP contribution < -0.4 is 0 Å². The van der Waals surface area contributed by atoms with Crippen LogP contribution >= 0.6 is 34.8 Å². The summed E-state index contributed by atoms with van der Waals surface area (Å²) in [6.07, 6.45) is 1.54. The number of hydrogen-bond donors (Lipinski definition) is 0. The van der Waals surface area contributed by atoms with Crippen LogP contribution in [0.25, 0.3) is 11.5 Å². The van der Waals surface area contributed by atoms with Gasteiger partial charge in [-0.3, -0.25) is 0 Å². The highest BCUT2D eigenvalue weighted by atomic mass is 35.5. The Morgan fingerprint density at radius 1 is 1.00 bits per heavy atom. The molecule has 0 aliphatic heterocycles. The number of benzene rings is 2. The van der Waals surface area contributed by atoms with Crippen LogP contribution in [-0.4, -0.2) is 29.0 Å². The number of hydrogen-bond acceptors (Lipinski definition) is 5. The van der Waals surface area contributed by atoms with Gasteiger partial charge in [0, 0.05) is 6.04 Å². The van der Waals surface area contributed by atoms with Crippen molar-refractivity contribution < 1.29 is 12.8 Å². The van der Waals surface area contributed by atoms with Crippen molar-refractivity contribution in [3.63, 3.8) is 0 Å². The molecule has 4 rings (SSSR count). The van der Waals surface area contributed by atoms with Gasteiger partial charge >= 0.3 is 0 Å². The van der Waals surface area contributed by atoms with Gasteiger partial charge in [-0.05, 0) is 43.2 Å². The molecular weight excluding hydrogens is 445 g/mol. The molecule has 0 spiro atoms. The molecule has 1 aliphatic carbocycles. The van der Waals surface area contributed by atoms with E-state index >= 15 is 0 Å². The van der Waals surface area contributed by atoms with E-state index in [1.807, 2.05) is 0 Å². The van der Waals surface area contributed by atoms with Gasteiger partial charge in [-0.2, -0.15) is 4.31 Å². The third-order valence-electron chi connectivity index (χ3n) is 4.31. The fourth-order valence-electron chi connectivity index (χ4n) is 2.74. The van der Waals surface area contributed by atoms with E-state index in [1.165, 1.54) is 22.5 Å². The lowest BCUT2D eigenvalue weighted by Crippen LogP contribution is -2.32. The van der Waals surface area contributed by atoms with Crippen molar-refractivity contribution in [2.75, 3.05) is 0 Å². The van der Waals surface area contributed by atoms with Crippen molar-refractivity contribution in [1.82, 2.24) is 14.5 Å². The summed E-state index contributed by atoms with van der Waals surface area (Å²) in [6.45, 7) is -0.0370. The molecule has 1 saturated carbocycles. The minimum Gasteiger partial charge on any atom is -0.419 e. The molecule has 0 radical (unpaired) electrons. The quantitative estimate of drug-likeness (QED) is 0.516. The summed E-state index contributed by atoms with van der Waals surface area (Å²) in [5.41, 5.74) is 0.591. The van der Waals surface area contributed by atoms with Gasteiger partial charge in [0.05, 0.1) is 32.1 Å². The maximum atomic E-state index is 13.1. The second-order valence-corrected chi connectivity index (χ2v) is 9.45. The molecule has 28 heavy (non-hydrogen) atoms. The maximum absolute atomic E-state index is 13.1. The Hall–Kier alpha value is -1.64. The third-order valence-corrected chi connectivity index (χ3v) is 7.28. The molecule has 3 aromatic rings. The Morgan fingerprint density at radius 3 is 2.43 bits per heavy atom. The molecule has 10 heteroatoms. The van der Waals surface area contributed by atoms with Gasteiger partial charge in [0.15, 0.2) is 0 Å². The van der Waals surface area contributed by atoms with Gasteiger partial charge in [0.25, 0.3) is 0 Å². The molecule has 0 amide bonds. The Balaban J connectivity index is 1.63. The second kappa shape index (κ2) is 7.65. The van der Waals surface area contributed by atoms with Gasteiger partial charge in [0.1, 0.15) is 0 Å². The van der Waals surface area contributed by atoms with Gasteiger partial charge in [0.2, 0.25) is 21.8 Å². The van der Waals surface area contributed by atoms with Crippen molar-refractivity contribution in [3.8, 4) is 11.5 Å². The minimum atomic E-state index is -3.80. The lowest BCUT2D eigenvalue weighted by Gasteiger charge is -2.20. The largest absolute Gasteiger partial charge is 0.419 e. The van der Waals surface area contributed by atoms with E-state index in [9.17, 15) is 8.42 Å². The summed E-state index contributed by atoms with van der Waals surface area (Å²) in [5, 5.41) is 8.94. The predicted octanol–water partition coefficient (Wildman–Crippen LogP) is 5.05. The van der Waals surface area contributed by atoms with Crippen molar-refractivity contribution >= 4 is 44.8 Å². The Kier molecular flexibility index (Phi) is 5.37. The normalized spacial score (nSPS) is 14.6. The first-order valence-corrected chi connectivity index (χ1v) is 11.0. The van der Waals surface area contributed by atoms with E-state index < -0.39 is 10.0 Å². The van der Waals surface area contributed by atoms with Crippen molar-refractivity contribution in [2.24, 2.45) is 0 Å². The van der Waals surface area contributed by atoms with Crippen LogP contribution in [0.4, 0.5) is 0 Å². The number of halogens is 3. The van der Waals surface area contributed by atoms with Gasteiger partial charge in [-0.15, -0.1) is 10.2 Å². The highest BCUT2D eigenvalue weighted by Crippen LogP contribution is 2.35. The van der Waals surface area contributed by atoms with E-state index in [-0.39, 0.29) is 34.3 Å². The van der Waals surface area contributed by atoms with Gasteiger partial charge < -0.3 is 4.42 Å². The molecule has 0 unspecified atom stereocenters. The molecule has 1 fully saturated rings. The summed E-state index contributed by atoms with van der Waals surface area (Å²) in [5.74, 6) is 0.425. The van der Waals surface area contributed by atoms with Crippen molar-refractivity contribution in [1.29, 1.82) is 0 Å². The molecule has 0 bridgehead atoms. The van der Waals surface area contributed by atoms with E-state index in [4.69, 9.17) is 39.2 Å². The standard InChI is InChI=1S/C18H14Cl3N3O3S/c19-14-4-2-1-3-13(14)18-23-22-17(27-18)10-24(11-5-6-11)28(25,26)12-7-8-15(20)16(21)9-12/h1-4,7-9,11H,5-6,10H2. The molecule has 0 N–H and O–H groups in total. The monoisotopic (exact) mass is 457 g/mol. The van der Waals surface area contributed by atoms with Gasteiger partial charge in [-0.25, -0.2) is 8.42 Å². The highest BCUT2D eigenvalue weighted by molar-refractivity contribution is 7.89. The van der Waals surface area contributed by atoms with Crippen LogP contribution in [0.5, 0.6) is 0 Å². The third kappa shape index (κ3) is 3.90. The Bertz CT molecular complexity index is 1130. The molecule has 1 aliphatic rings. The lowest BCUT2D eigenvalue weighted by molar-refractivity contribution is 0.351. The van der Waals surface area contributed by atoms with Crippen LogP contribution in [0.1, 0.15) is 18.7 Å². The van der Waals surface area contributed by atoms with Crippen molar-refractivity contribution in [3.05, 3.63) is 63.4 Å². The molecular formula is C18H14Cl3N3O3S. The highest BCUT2D eigenvalue weighted by Gasteiger charge is 2.39. The summed E-state index contributed by atoms with van der Waals surface area (Å²) < 4.78 is 33.3. The molecule has 0 atom stereocenters. The van der Waals surface area contributed by atoms with E-state index in [1.54, 1.807) is 24.3 Å². The predicted molar refractivity (Wildman–Crippen MR) is 107 cm³/mol. The SMILES string of the molecule is O=S(=O)(c1ccc(Cl)c(Cl)c1)N(Cc1nnc(-c2ccccc2Cl)o1)C1CC1. The summed E-state index contributed by atoms with van der Waals surface area (Å²) in [4.78, 5) is 0.0691. The van der Waals surface area contributed by atoms with Crippen LogP contribution in [0.2, 0.25) is 15.1 Å². The van der Waals surface area contributed by atoms with E-state index in [0.29, 0.717) is 15.6 Å². The van der Waals surface area contributed by atoms with Crippen LogP contribution in [0.15, 0.2) is 51.8 Å². The summed E-state index contributed by atoms with van der Waals surface area (Å²) in [7, 11) is -3.80. The average molecular weight is 459 g/mol. The zero-order valence-corrected chi connectivity index (χ0v) is 17.4. The molecule has 1 heterocycles. The number of rotatable bonds is 6. The van der Waals surface area contributed by atoms with E-state index in [0.717, 1.165) is 12.8 Å². The van der Waals surface area contributed by atoms with Crippen molar-refractivity contribution in [2.45, 2.75) is 30.3 Å². The first-order valence-electron chi connectivity index (χ1n) is 8.40. The average Bonchev–Trinajstić information content (AvgIpc) is 3.40. The number of sulfonamides is 1. The fourth-order valence-corrected chi connectivity index (χ4v) is 4.98. The van der Waals surface area contributed by atoms with E-state index in [2.05, 4.69) is 10.2 Å². The smallest absolute Gasteiger partial charge is 0.249 e. The first-order chi connectivity index (χ1) is 13.4. The summed E-state index contributed by atoms with van der Waals surface area (Å²) >= 11 is 18.1. The lowest BCUT2D eigenvalue weighted by atomic mass is 10.2. The first kappa shape index (κ1) is 19.7. The molecule has 0 saturated heterocycles. The van der Waals surface area contributed by atoms with Crippen LogP contribution in [-0.2, 0) is 16.6 Å². The maximum Gasteiger partial charge on any atom is 0.249 e. The Morgan fingerprint density at radius 2 is 1.75 bits per heavy atom. The minimum absolute atomic E-state index is 0.0370. The zero-order valence-electron chi connectivity index (χ0n) is 14.3. The van der Waals surface area contributed by atoms with Crippen LogP contribution in [0, 0.1) is 0 Å². The second-order valence-electron chi connectivity index (χ2n) is 6.34. The summed E-state index contributed by atoms with van der Waals surface area (Å²) in [6, 6.07) is 11.2. The van der Waals surface area contributed by atoms with Gasteiger partial charge in [-0.1, -0.05) is 46.9 Å². The number of nitrogens with zero attached hydrogens (tertiary/aromatic N) is 3.